The van der Waals surface area contributed by atoms with Crippen LogP contribution in [0, 0.1) is 6.92 Å². The predicted molar refractivity (Wildman–Crippen MR) is 62.9 cm³/mol. The number of nitrogens with one attached hydrogen (secondary N) is 1. The fourth-order valence-corrected chi connectivity index (χ4v) is 2.89. The van der Waals surface area contributed by atoms with Crippen molar-refractivity contribution in [2.24, 2.45) is 0 Å². The lowest BCUT2D eigenvalue weighted by molar-refractivity contribution is 0.244. The Morgan fingerprint density at radius 2 is 2.25 bits per heavy atom. The molecule has 16 heavy (non-hydrogen) atoms. The van der Waals surface area contributed by atoms with Crippen molar-refractivity contribution in [1.29, 1.82) is 0 Å². The minimum absolute atomic E-state index is 0.0950. The van der Waals surface area contributed by atoms with Gasteiger partial charge in [-0.15, -0.1) is 0 Å². The first-order valence-electron chi connectivity index (χ1n) is 4.70. The number of aliphatic hydroxyl groups excluding tert-OH is 1. The summed E-state index contributed by atoms with van der Waals surface area (Å²) in [6.45, 7) is 1.63. The summed E-state index contributed by atoms with van der Waals surface area (Å²) in [6, 6.07) is 1.34. The van der Waals surface area contributed by atoms with Gasteiger partial charge in [-0.1, -0.05) is 0 Å². The number of furan rings is 1. The van der Waals surface area contributed by atoms with Crippen LogP contribution in [0.15, 0.2) is 15.4 Å². The number of thioether (sulfide) groups is 1. The topological polar surface area (TPSA) is 79.5 Å². The standard InChI is InChI=1S/C9H15NO4S2/c1-7-9(5-8(6-11)14-7)16(12,13)10-3-4-15-2/h5,10-11H,3-4,6H2,1-2H3. The van der Waals surface area contributed by atoms with E-state index in [-0.39, 0.29) is 17.3 Å². The molecule has 0 aromatic carbocycles. The highest BCUT2D eigenvalue weighted by Crippen LogP contribution is 2.19. The molecule has 0 amide bonds. The van der Waals surface area contributed by atoms with Crippen molar-refractivity contribution in [2.45, 2.75) is 18.4 Å². The van der Waals surface area contributed by atoms with E-state index < -0.39 is 10.0 Å². The third-order valence-electron chi connectivity index (χ3n) is 1.97. The molecule has 0 radical (unpaired) electrons. The summed E-state index contributed by atoms with van der Waals surface area (Å²) in [4.78, 5) is 0.0950. The van der Waals surface area contributed by atoms with Gasteiger partial charge >= 0.3 is 0 Å². The largest absolute Gasteiger partial charge is 0.462 e. The van der Waals surface area contributed by atoms with E-state index in [2.05, 4.69) is 4.72 Å². The quantitative estimate of drug-likeness (QED) is 0.741. The molecular formula is C9H15NO4S2. The number of hydrogen-bond acceptors (Lipinski definition) is 5. The van der Waals surface area contributed by atoms with Crippen LogP contribution in [0.4, 0.5) is 0 Å². The highest BCUT2D eigenvalue weighted by Gasteiger charge is 2.20. The second kappa shape index (κ2) is 5.72. The molecule has 92 valence electrons. The Morgan fingerprint density at radius 3 is 2.75 bits per heavy atom. The number of aliphatic hydroxyl groups is 1. The van der Waals surface area contributed by atoms with Crippen LogP contribution in [0.5, 0.6) is 0 Å². The van der Waals surface area contributed by atoms with Gasteiger partial charge in [0.15, 0.2) is 0 Å². The Bertz CT molecular complexity index is 438. The molecule has 5 nitrogen and oxygen atoms in total. The Hall–Kier alpha value is -0.500. The van der Waals surface area contributed by atoms with Gasteiger partial charge in [-0.2, -0.15) is 11.8 Å². The first-order valence-corrected chi connectivity index (χ1v) is 7.57. The molecule has 1 aromatic rings. The Balaban J connectivity index is 2.85. The first-order chi connectivity index (χ1) is 7.51. The molecule has 0 aliphatic rings. The molecule has 1 heterocycles. The van der Waals surface area contributed by atoms with Gasteiger partial charge in [0.1, 0.15) is 23.0 Å². The van der Waals surface area contributed by atoms with Crippen LogP contribution in [0.25, 0.3) is 0 Å². The molecule has 0 aliphatic carbocycles. The summed E-state index contributed by atoms with van der Waals surface area (Å²) in [5.74, 6) is 1.26. The highest BCUT2D eigenvalue weighted by molar-refractivity contribution is 7.98. The summed E-state index contributed by atoms with van der Waals surface area (Å²) in [6.07, 6.45) is 1.90. The third-order valence-corrected chi connectivity index (χ3v) is 4.15. The molecule has 0 aliphatic heterocycles. The Morgan fingerprint density at radius 1 is 1.56 bits per heavy atom. The lowest BCUT2D eigenvalue weighted by Gasteiger charge is -2.03. The smallest absolute Gasteiger partial charge is 0.244 e. The first kappa shape index (κ1) is 13.6. The Labute approximate surface area is 99.3 Å². The Kier molecular flexibility index (Phi) is 4.85. The molecule has 0 unspecified atom stereocenters. The molecule has 0 fully saturated rings. The second-order valence-electron chi connectivity index (χ2n) is 3.18. The molecule has 0 saturated carbocycles. The number of sulfonamides is 1. The van der Waals surface area contributed by atoms with Gasteiger partial charge in [0.05, 0.1) is 0 Å². The van der Waals surface area contributed by atoms with Crippen molar-refractivity contribution in [3.8, 4) is 0 Å². The van der Waals surface area contributed by atoms with Crippen LogP contribution in [0.3, 0.4) is 0 Å². The number of rotatable bonds is 6. The molecule has 7 heteroatoms. The zero-order chi connectivity index (χ0) is 12.2. The molecule has 0 atom stereocenters. The molecule has 0 saturated heterocycles. The highest BCUT2D eigenvalue weighted by atomic mass is 32.2. The maximum atomic E-state index is 11.8. The van der Waals surface area contributed by atoms with Crippen LogP contribution in [-0.2, 0) is 16.6 Å². The van der Waals surface area contributed by atoms with Crippen molar-refractivity contribution in [3.05, 3.63) is 17.6 Å². The van der Waals surface area contributed by atoms with Crippen LogP contribution < -0.4 is 4.72 Å². The lowest BCUT2D eigenvalue weighted by atomic mass is 10.4. The summed E-state index contributed by atoms with van der Waals surface area (Å²) >= 11 is 1.56. The van der Waals surface area contributed by atoms with Gasteiger partial charge < -0.3 is 9.52 Å². The molecule has 2 N–H and O–H groups in total. The van der Waals surface area contributed by atoms with E-state index in [9.17, 15) is 8.42 Å². The normalized spacial score (nSPS) is 11.9. The molecule has 1 aromatic heterocycles. The van der Waals surface area contributed by atoms with Crippen LogP contribution in [-0.4, -0.2) is 32.1 Å². The van der Waals surface area contributed by atoms with E-state index >= 15 is 0 Å². The molecule has 1 rings (SSSR count). The van der Waals surface area contributed by atoms with Gasteiger partial charge in [-0.3, -0.25) is 0 Å². The minimum atomic E-state index is -3.52. The van der Waals surface area contributed by atoms with Crippen molar-refractivity contribution in [3.63, 3.8) is 0 Å². The maximum absolute atomic E-state index is 11.8. The van der Waals surface area contributed by atoms with Crippen LogP contribution in [0.1, 0.15) is 11.5 Å². The van der Waals surface area contributed by atoms with E-state index in [0.29, 0.717) is 18.1 Å². The van der Waals surface area contributed by atoms with Gasteiger partial charge in [-0.25, -0.2) is 13.1 Å². The van der Waals surface area contributed by atoms with Crippen LogP contribution in [0.2, 0.25) is 0 Å². The van der Waals surface area contributed by atoms with Crippen molar-refractivity contribution in [2.75, 3.05) is 18.6 Å². The summed E-state index contributed by atoms with van der Waals surface area (Å²) in [5, 5.41) is 8.84. The van der Waals surface area contributed by atoms with E-state index in [1.165, 1.54) is 6.07 Å². The van der Waals surface area contributed by atoms with Gasteiger partial charge in [0.2, 0.25) is 10.0 Å². The molecule has 0 bridgehead atoms. The van der Waals surface area contributed by atoms with Crippen molar-refractivity contribution < 1.29 is 17.9 Å². The fourth-order valence-electron chi connectivity index (χ4n) is 1.22. The summed E-state index contributed by atoms with van der Waals surface area (Å²) in [7, 11) is -3.52. The molecular weight excluding hydrogens is 250 g/mol. The van der Waals surface area contributed by atoms with E-state index in [1.807, 2.05) is 6.26 Å². The predicted octanol–water partition coefficient (Wildman–Crippen LogP) is 0.722. The zero-order valence-corrected chi connectivity index (χ0v) is 10.8. The van der Waals surface area contributed by atoms with Crippen LogP contribution >= 0.6 is 11.8 Å². The number of aryl methyl sites for hydroxylation is 1. The minimum Gasteiger partial charge on any atom is -0.462 e. The van der Waals surface area contributed by atoms with Gasteiger partial charge in [0, 0.05) is 18.4 Å². The second-order valence-corrected chi connectivity index (χ2v) is 5.90. The van der Waals surface area contributed by atoms with E-state index in [0.717, 1.165) is 0 Å². The molecule has 0 spiro atoms. The monoisotopic (exact) mass is 265 g/mol. The SMILES string of the molecule is CSCCNS(=O)(=O)c1cc(CO)oc1C. The maximum Gasteiger partial charge on any atom is 0.244 e. The van der Waals surface area contributed by atoms with E-state index in [4.69, 9.17) is 9.52 Å². The van der Waals surface area contributed by atoms with E-state index in [1.54, 1.807) is 18.7 Å². The van der Waals surface area contributed by atoms with Gasteiger partial charge in [0.25, 0.3) is 0 Å². The summed E-state index contributed by atoms with van der Waals surface area (Å²) < 4.78 is 31.1. The number of hydrogen-bond donors (Lipinski definition) is 2. The van der Waals surface area contributed by atoms with Crippen molar-refractivity contribution >= 4 is 21.8 Å². The van der Waals surface area contributed by atoms with Gasteiger partial charge in [-0.05, 0) is 13.2 Å². The van der Waals surface area contributed by atoms with Crippen molar-refractivity contribution in [1.82, 2.24) is 4.72 Å². The lowest BCUT2D eigenvalue weighted by Crippen LogP contribution is -2.26. The fraction of sp³-hybridized carbons (Fsp3) is 0.556. The summed E-state index contributed by atoms with van der Waals surface area (Å²) in [5.41, 5.74) is 0. The third kappa shape index (κ3) is 3.24. The zero-order valence-electron chi connectivity index (χ0n) is 9.19. The average molecular weight is 265 g/mol. The average Bonchev–Trinajstić information content (AvgIpc) is 2.60.